The molecule has 1 aromatic rings. The zero-order valence-corrected chi connectivity index (χ0v) is 12.1. The van der Waals surface area contributed by atoms with E-state index in [1.807, 2.05) is 0 Å². The second-order valence-electron chi connectivity index (χ2n) is 3.79. The first-order valence-electron chi connectivity index (χ1n) is 5.41. The van der Waals surface area contributed by atoms with E-state index in [-0.39, 0.29) is 11.3 Å². The number of halogens is 1. The molecule has 0 aliphatic rings. The Labute approximate surface area is 122 Å². The summed E-state index contributed by atoms with van der Waals surface area (Å²) in [6.45, 7) is -1.41. The van der Waals surface area contributed by atoms with Gasteiger partial charge in [0.25, 0.3) is 5.91 Å². The van der Waals surface area contributed by atoms with Crippen molar-refractivity contribution in [3.8, 4) is 5.75 Å². The Bertz CT molecular complexity index is 529. The molecule has 0 aliphatic heterocycles. The molecule has 0 bridgehead atoms. The number of aliphatic carboxylic acids is 2. The molecular weight excluding hydrogens is 334 g/mol. The molecule has 1 amide bonds. The summed E-state index contributed by atoms with van der Waals surface area (Å²) < 4.78 is 5.71. The lowest BCUT2D eigenvalue weighted by molar-refractivity contribution is -0.140. The summed E-state index contributed by atoms with van der Waals surface area (Å²) in [5, 5.41) is 17.5. The van der Waals surface area contributed by atoms with Crippen LogP contribution in [0.1, 0.15) is 10.4 Å². The van der Waals surface area contributed by atoms with Gasteiger partial charge in [-0.2, -0.15) is 0 Å². The van der Waals surface area contributed by atoms with E-state index in [2.05, 4.69) is 15.9 Å². The van der Waals surface area contributed by atoms with Crippen LogP contribution in [0.4, 0.5) is 0 Å². The van der Waals surface area contributed by atoms with Crippen molar-refractivity contribution >= 4 is 33.8 Å². The molecular formula is C12H12BrNO6. The Kier molecular flexibility index (Phi) is 5.51. The Morgan fingerprint density at radius 2 is 1.75 bits per heavy atom. The number of ether oxygens (including phenoxy) is 1. The molecule has 1 aromatic carbocycles. The number of nitrogens with zero attached hydrogens (tertiary/aromatic N) is 1. The van der Waals surface area contributed by atoms with E-state index in [9.17, 15) is 14.4 Å². The molecule has 0 aliphatic carbocycles. The van der Waals surface area contributed by atoms with Crippen molar-refractivity contribution in [2.45, 2.75) is 0 Å². The van der Waals surface area contributed by atoms with Gasteiger partial charge >= 0.3 is 11.9 Å². The lowest BCUT2D eigenvalue weighted by Crippen LogP contribution is -2.39. The largest absolute Gasteiger partial charge is 0.496 e. The first kappa shape index (κ1) is 16.0. The number of hydrogen-bond donors (Lipinski definition) is 2. The minimum Gasteiger partial charge on any atom is -0.496 e. The summed E-state index contributed by atoms with van der Waals surface area (Å²) in [5.74, 6) is -3.09. The molecule has 0 saturated heterocycles. The van der Waals surface area contributed by atoms with Crippen LogP contribution < -0.4 is 4.74 Å². The number of carboxylic acids is 2. The highest BCUT2D eigenvalue weighted by molar-refractivity contribution is 9.10. The van der Waals surface area contributed by atoms with Gasteiger partial charge in [0, 0.05) is 4.47 Å². The van der Waals surface area contributed by atoms with Gasteiger partial charge in [0.15, 0.2) is 0 Å². The van der Waals surface area contributed by atoms with E-state index in [1.54, 1.807) is 6.07 Å². The van der Waals surface area contributed by atoms with E-state index in [1.165, 1.54) is 19.2 Å². The second-order valence-corrected chi connectivity index (χ2v) is 4.71. The highest BCUT2D eigenvalue weighted by Crippen LogP contribution is 2.24. The van der Waals surface area contributed by atoms with Crippen LogP contribution in [0.25, 0.3) is 0 Å². The number of carboxylic acid groups (broad SMARTS) is 2. The van der Waals surface area contributed by atoms with Crippen molar-refractivity contribution in [2.75, 3.05) is 20.2 Å². The number of carbonyl (C=O) groups excluding carboxylic acids is 1. The molecule has 1 rings (SSSR count). The van der Waals surface area contributed by atoms with Crippen molar-refractivity contribution < 1.29 is 29.3 Å². The maximum absolute atomic E-state index is 12.2. The number of hydrogen-bond acceptors (Lipinski definition) is 4. The van der Waals surface area contributed by atoms with Gasteiger partial charge in [0.2, 0.25) is 0 Å². The van der Waals surface area contributed by atoms with E-state index in [0.717, 1.165) is 4.90 Å². The predicted octanol–water partition coefficient (Wildman–Crippen LogP) is 1.07. The number of amides is 1. The van der Waals surface area contributed by atoms with E-state index in [0.29, 0.717) is 4.47 Å². The van der Waals surface area contributed by atoms with Crippen LogP contribution in [0.2, 0.25) is 0 Å². The topological polar surface area (TPSA) is 104 Å². The van der Waals surface area contributed by atoms with E-state index in [4.69, 9.17) is 14.9 Å². The summed E-state index contributed by atoms with van der Waals surface area (Å²) in [4.78, 5) is 34.3. The third kappa shape index (κ3) is 4.23. The van der Waals surface area contributed by atoms with Crippen LogP contribution in [0.5, 0.6) is 5.75 Å². The molecule has 0 spiro atoms. The molecule has 0 fully saturated rings. The van der Waals surface area contributed by atoms with Gasteiger partial charge in [-0.05, 0) is 18.2 Å². The maximum atomic E-state index is 12.2. The SMILES string of the molecule is COc1cc(Br)ccc1C(=O)N(CC(=O)O)CC(=O)O. The lowest BCUT2D eigenvalue weighted by atomic mass is 10.1. The second kappa shape index (κ2) is 6.90. The molecule has 0 radical (unpaired) electrons. The van der Waals surface area contributed by atoms with Gasteiger partial charge in [-0.1, -0.05) is 15.9 Å². The third-order valence-corrected chi connectivity index (χ3v) is 2.83. The van der Waals surface area contributed by atoms with Gasteiger partial charge in [-0.3, -0.25) is 14.4 Å². The normalized spacial score (nSPS) is 9.90. The van der Waals surface area contributed by atoms with Gasteiger partial charge in [-0.25, -0.2) is 0 Å². The number of carbonyl (C=O) groups is 3. The van der Waals surface area contributed by atoms with E-state index < -0.39 is 30.9 Å². The number of benzene rings is 1. The summed E-state index contributed by atoms with van der Waals surface area (Å²) in [6.07, 6.45) is 0. The minimum atomic E-state index is -1.30. The fraction of sp³-hybridized carbons (Fsp3) is 0.250. The molecule has 0 atom stereocenters. The molecule has 108 valence electrons. The first-order chi connectivity index (χ1) is 9.35. The van der Waals surface area contributed by atoms with Gasteiger partial charge in [0.1, 0.15) is 18.8 Å². The molecule has 0 aromatic heterocycles. The number of methoxy groups -OCH3 is 1. The Hall–Kier alpha value is -2.09. The monoisotopic (exact) mass is 345 g/mol. The van der Waals surface area contributed by atoms with Gasteiger partial charge in [0.05, 0.1) is 12.7 Å². The Morgan fingerprint density at radius 3 is 2.20 bits per heavy atom. The Balaban J connectivity index is 3.10. The summed E-state index contributed by atoms with van der Waals surface area (Å²) in [7, 11) is 1.36. The summed E-state index contributed by atoms with van der Waals surface area (Å²) >= 11 is 3.21. The fourth-order valence-electron chi connectivity index (χ4n) is 1.54. The van der Waals surface area contributed by atoms with Crippen molar-refractivity contribution in [3.05, 3.63) is 28.2 Å². The molecule has 2 N–H and O–H groups in total. The highest BCUT2D eigenvalue weighted by atomic mass is 79.9. The third-order valence-electron chi connectivity index (χ3n) is 2.33. The van der Waals surface area contributed by atoms with Crippen LogP contribution in [0.15, 0.2) is 22.7 Å². The molecule has 0 saturated carbocycles. The predicted molar refractivity (Wildman–Crippen MR) is 71.9 cm³/mol. The lowest BCUT2D eigenvalue weighted by Gasteiger charge is -2.19. The average Bonchev–Trinajstić information content (AvgIpc) is 2.35. The quantitative estimate of drug-likeness (QED) is 0.799. The smallest absolute Gasteiger partial charge is 0.323 e. The highest BCUT2D eigenvalue weighted by Gasteiger charge is 2.23. The van der Waals surface area contributed by atoms with Crippen molar-refractivity contribution in [3.63, 3.8) is 0 Å². The van der Waals surface area contributed by atoms with Crippen molar-refractivity contribution in [1.29, 1.82) is 0 Å². The summed E-state index contributed by atoms with van der Waals surface area (Å²) in [6, 6.07) is 4.55. The standard InChI is InChI=1S/C12H12BrNO6/c1-20-9-4-7(13)2-3-8(9)12(19)14(5-10(15)16)6-11(17)18/h2-4H,5-6H2,1H3,(H,15,16)(H,17,18). The molecule has 8 heteroatoms. The fourth-order valence-corrected chi connectivity index (χ4v) is 1.88. The molecule has 20 heavy (non-hydrogen) atoms. The first-order valence-corrected chi connectivity index (χ1v) is 6.21. The van der Waals surface area contributed by atoms with Crippen LogP contribution in [-0.4, -0.2) is 53.2 Å². The van der Waals surface area contributed by atoms with Crippen LogP contribution in [-0.2, 0) is 9.59 Å². The van der Waals surface area contributed by atoms with Gasteiger partial charge < -0.3 is 19.8 Å². The minimum absolute atomic E-state index is 0.0956. The van der Waals surface area contributed by atoms with E-state index >= 15 is 0 Å². The number of rotatable bonds is 6. The summed E-state index contributed by atoms with van der Waals surface area (Å²) in [5.41, 5.74) is 0.0956. The zero-order valence-electron chi connectivity index (χ0n) is 10.5. The zero-order chi connectivity index (χ0) is 15.3. The molecule has 0 heterocycles. The Morgan fingerprint density at radius 1 is 1.20 bits per heavy atom. The maximum Gasteiger partial charge on any atom is 0.323 e. The molecule has 7 nitrogen and oxygen atoms in total. The van der Waals surface area contributed by atoms with Crippen LogP contribution in [0.3, 0.4) is 0 Å². The van der Waals surface area contributed by atoms with Crippen molar-refractivity contribution in [2.24, 2.45) is 0 Å². The van der Waals surface area contributed by atoms with Crippen LogP contribution in [0, 0.1) is 0 Å². The average molecular weight is 346 g/mol. The van der Waals surface area contributed by atoms with Gasteiger partial charge in [-0.15, -0.1) is 0 Å². The molecule has 0 unspecified atom stereocenters. The van der Waals surface area contributed by atoms with Crippen LogP contribution >= 0.6 is 15.9 Å². The van der Waals surface area contributed by atoms with Crippen molar-refractivity contribution in [1.82, 2.24) is 4.90 Å².